The van der Waals surface area contributed by atoms with E-state index in [9.17, 15) is 21.6 Å². The molecule has 2 saturated carbocycles. The zero-order valence-corrected chi connectivity index (χ0v) is 15.8. The van der Waals surface area contributed by atoms with Crippen LogP contribution in [0.4, 0.5) is 0 Å². The van der Waals surface area contributed by atoms with Gasteiger partial charge >= 0.3 is 0 Å². The first-order valence-corrected chi connectivity index (χ1v) is 11.6. The van der Waals surface area contributed by atoms with Gasteiger partial charge in [-0.2, -0.15) is 0 Å². The lowest BCUT2D eigenvalue weighted by atomic mass is 10.1. The van der Waals surface area contributed by atoms with Crippen LogP contribution in [0, 0.1) is 0 Å². The molecule has 9 heteroatoms. The van der Waals surface area contributed by atoms with E-state index in [1.54, 1.807) is 0 Å². The topological polar surface area (TPSA) is 101 Å². The van der Waals surface area contributed by atoms with Crippen molar-refractivity contribution in [2.45, 2.75) is 73.7 Å². The zero-order valence-electron chi connectivity index (χ0n) is 14.2. The van der Waals surface area contributed by atoms with Crippen molar-refractivity contribution in [2.75, 3.05) is 13.1 Å². The molecule has 138 valence electrons. The largest absolute Gasteiger partial charge is 0.352 e. The molecule has 1 N–H and O–H groups in total. The van der Waals surface area contributed by atoms with Crippen molar-refractivity contribution in [1.82, 2.24) is 9.62 Å². The lowest BCUT2D eigenvalue weighted by molar-refractivity contribution is -0.123. The van der Waals surface area contributed by atoms with Crippen LogP contribution in [0.25, 0.3) is 0 Å². The summed E-state index contributed by atoms with van der Waals surface area (Å²) in [4.78, 5) is 12.5. The monoisotopic (exact) mass is 378 g/mol. The van der Waals surface area contributed by atoms with Gasteiger partial charge in [0.05, 0.1) is 10.5 Å². The number of amides is 1. The molecule has 2 aliphatic carbocycles. The second-order valence-corrected chi connectivity index (χ2v) is 12.6. The molecular weight excluding hydrogens is 352 g/mol. The maximum absolute atomic E-state index is 12.5. The van der Waals surface area contributed by atoms with E-state index in [0.717, 1.165) is 12.8 Å². The van der Waals surface area contributed by atoms with Gasteiger partial charge in [0.25, 0.3) is 0 Å². The minimum atomic E-state index is -3.47. The van der Waals surface area contributed by atoms with Crippen molar-refractivity contribution in [2.24, 2.45) is 0 Å². The third-order valence-electron chi connectivity index (χ3n) is 5.32. The highest BCUT2D eigenvalue weighted by Crippen LogP contribution is 2.36. The van der Waals surface area contributed by atoms with Gasteiger partial charge in [-0.3, -0.25) is 4.79 Å². The van der Waals surface area contributed by atoms with Crippen LogP contribution in [0.2, 0.25) is 0 Å². The Morgan fingerprint density at radius 2 is 1.42 bits per heavy atom. The number of carbonyl (C=O) groups is 1. The van der Waals surface area contributed by atoms with Gasteiger partial charge in [0.1, 0.15) is 4.75 Å². The number of rotatable bonds is 6. The molecule has 3 rings (SSSR count). The van der Waals surface area contributed by atoms with Crippen LogP contribution in [-0.2, 0) is 24.7 Å². The average Bonchev–Trinajstić information content (AvgIpc) is 3.40. The second-order valence-electron chi connectivity index (χ2n) is 7.65. The summed E-state index contributed by atoms with van der Waals surface area (Å²) >= 11 is 0. The molecule has 7 nitrogen and oxygen atoms in total. The second kappa shape index (κ2) is 5.95. The van der Waals surface area contributed by atoms with E-state index in [2.05, 4.69) is 5.32 Å². The van der Waals surface area contributed by atoms with Crippen LogP contribution < -0.4 is 5.32 Å². The number of piperidine rings is 1. The highest BCUT2D eigenvalue weighted by atomic mass is 32.2. The Kier molecular flexibility index (Phi) is 4.49. The van der Waals surface area contributed by atoms with Crippen molar-refractivity contribution >= 4 is 25.8 Å². The molecule has 0 atom stereocenters. The number of nitrogens with zero attached hydrogens (tertiary/aromatic N) is 1. The predicted octanol–water partition coefficient (Wildman–Crippen LogP) is 0.415. The Bertz CT molecular complexity index is 713. The molecule has 3 fully saturated rings. The SMILES string of the molecule is CC(C)(C(=O)NC1CCN(S(=O)(=O)C2CC2)CC1)S(=O)(=O)C1CC1. The Labute approximate surface area is 144 Å². The van der Waals surface area contributed by atoms with Crippen LogP contribution in [0.3, 0.4) is 0 Å². The lowest BCUT2D eigenvalue weighted by Gasteiger charge is -2.33. The Hall–Kier alpha value is -0.670. The summed E-state index contributed by atoms with van der Waals surface area (Å²) in [5.41, 5.74) is 0. The zero-order chi connectivity index (χ0) is 17.8. The first-order valence-electron chi connectivity index (χ1n) is 8.60. The molecule has 0 radical (unpaired) electrons. The molecule has 1 saturated heterocycles. The van der Waals surface area contributed by atoms with Crippen LogP contribution in [-0.4, -0.2) is 61.4 Å². The normalized spacial score (nSPS) is 24.8. The van der Waals surface area contributed by atoms with Gasteiger partial charge in [0, 0.05) is 19.1 Å². The predicted molar refractivity (Wildman–Crippen MR) is 90.7 cm³/mol. The van der Waals surface area contributed by atoms with E-state index < -0.39 is 30.5 Å². The molecule has 24 heavy (non-hydrogen) atoms. The molecule has 1 heterocycles. The fourth-order valence-corrected chi connectivity index (χ4v) is 6.90. The summed E-state index contributed by atoms with van der Waals surface area (Å²) in [5, 5.41) is 2.22. The van der Waals surface area contributed by atoms with Gasteiger partial charge in [-0.1, -0.05) is 0 Å². The molecule has 0 unspecified atom stereocenters. The van der Waals surface area contributed by atoms with Gasteiger partial charge in [0.15, 0.2) is 9.84 Å². The fraction of sp³-hybridized carbons (Fsp3) is 0.933. The Morgan fingerprint density at radius 1 is 0.917 bits per heavy atom. The first-order chi connectivity index (χ1) is 11.1. The first kappa shape index (κ1) is 18.1. The van der Waals surface area contributed by atoms with Gasteiger partial charge < -0.3 is 5.32 Å². The van der Waals surface area contributed by atoms with Gasteiger partial charge in [-0.05, 0) is 52.4 Å². The average molecular weight is 379 g/mol. The minimum absolute atomic E-state index is 0.170. The molecule has 1 amide bonds. The molecule has 0 spiro atoms. The van der Waals surface area contributed by atoms with Gasteiger partial charge in [0.2, 0.25) is 15.9 Å². The smallest absolute Gasteiger partial charge is 0.241 e. The summed E-state index contributed by atoms with van der Waals surface area (Å²) in [5.74, 6) is -0.474. The maximum Gasteiger partial charge on any atom is 0.241 e. The standard InChI is InChI=1S/C15H26N2O5S2/c1-15(2,23(19,20)12-3-4-12)14(18)16-11-7-9-17(10-8-11)24(21,22)13-5-6-13/h11-13H,3-10H2,1-2H3,(H,16,18). The summed E-state index contributed by atoms with van der Waals surface area (Å²) in [6.45, 7) is 3.70. The van der Waals surface area contributed by atoms with Crippen LogP contribution in [0.1, 0.15) is 52.4 Å². The molecule has 0 aromatic carbocycles. The van der Waals surface area contributed by atoms with E-state index in [1.165, 1.54) is 18.2 Å². The number of sulfone groups is 1. The van der Waals surface area contributed by atoms with E-state index >= 15 is 0 Å². The molecule has 3 aliphatic rings. The molecule has 0 bridgehead atoms. The maximum atomic E-state index is 12.5. The molecular formula is C15H26N2O5S2. The third-order valence-corrected chi connectivity index (χ3v) is 10.7. The molecule has 0 aromatic heterocycles. The number of hydrogen-bond acceptors (Lipinski definition) is 5. The number of hydrogen-bond donors (Lipinski definition) is 1. The highest BCUT2D eigenvalue weighted by Gasteiger charge is 2.51. The summed E-state index contributed by atoms with van der Waals surface area (Å²) < 4.78 is 49.3. The van der Waals surface area contributed by atoms with E-state index in [1.807, 2.05) is 0 Å². The minimum Gasteiger partial charge on any atom is -0.352 e. The van der Waals surface area contributed by atoms with Crippen molar-refractivity contribution in [3.05, 3.63) is 0 Å². The van der Waals surface area contributed by atoms with E-state index in [0.29, 0.717) is 38.8 Å². The lowest BCUT2D eigenvalue weighted by Crippen LogP contribution is -2.54. The van der Waals surface area contributed by atoms with Crippen molar-refractivity contribution in [3.63, 3.8) is 0 Å². The third kappa shape index (κ3) is 3.22. The number of carbonyl (C=O) groups excluding carboxylic acids is 1. The van der Waals surface area contributed by atoms with E-state index in [4.69, 9.17) is 0 Å². The highest BCUT2D eigenvalue weighted by molar-refractivity contribution is 7.94. The van der Waals surface area contributed by atoms with E-state index in [-0.39, 0.29) is 16.5 Å². The van der Waals surface area contributed by atoms with Crippen molar-refractivity contribution < 1.29 is 21.6 Å². The van der Waals surface area contributed by atoms with Crippen LogP contribution >= 0.6 is 0 Å². The number of nitrogens with one attached hydrogen (secondary N) is 1. The van der Waals surface area contributed by atoms with Crippen LogP contribution in [0.5, 0.6) is 0 Å². The van der Waals surface area contributed by atoms with Crippen molar-refractivity contribution in [1.29, 1.82) is 0 Å². The fourth-order valence-electron chi connectivity index (χ4n) is 3.11. The van der Waals surface area contributed by atoms with Crippen LogP contribution in [0.15, 0.2) is 0 Å². The molecule has 0 aromatic rings. The quantitative estimate of drug-likeness (QED) is 0.722. The van der Waals surface area contributed by atoms with Gasteiger partial charge in [-0.25, -0.2) is 21.1 Å². The number of sulfonamides is 1. The molecule has 1 aliphatic heterocycles. The van der Waals surface area contributed by atoms with Gasteiger partial charge in [-0.15, -0.1) is 0 Å². The summed E-state index contributed by atoms with van der Waals surface area (Å²) in [6, 6.07) is -0.170. The Balaban J connectivity index is 1.57. The Morgan fingerprint density at radius 3 is 1.88 bits per heavy atom. The summed E-state index contributed by atoms with van der Waals surface area (Å²) in [6.07, 6.45) is 3.81. The summed E-state index contributed by atoms with van der Waals surface area (Å²) in [7, 11) is -6.64. The van der Waals surface area contributed by atoms with Crippen molar-refractivity contribution in [3.8, 4) is 0 Å².